The molecule has 0 unspecified atom stereocenters. The molecule has 0 bridgehead atoms. The highest BCUT2D eigenvalue weighted by Crippen LogP contribution is 2.34. The monoisotopic (exact) mass is 363 g/mol. The van der Waals surface area contributed by atoms with Gasteiger partial charge in [-0.2, -0.15) is 13.2 Å². The second-order valence-corrected chi connectivity index (χ2v) is 6.04. The lowest BCUT2D eigenvalue weighted by Crippen LogP contribution is -2.18. The third-order valence-electron chi connectivity index (χ3n) is 3.35. The van der Waals surface area contributed by atoms with Gasteiger partial charge in [-0.05, 0) is 18.2 Å². The fraction of sp³-hybridized carbons (Fsp3) is 0.118. The van der Waals surface area contributed by atoms with Crippen LogP contribution in [-0.4, -0.2) is 21.6 Å². The molecule has 3 rings (SSSR count). The van der Waals surface area contributed by atoms with Crippen molar-refractivity contribution in [3.05, 3.63) is 60.4 Å². The van der Waals surface area contributed by atoms with Crippen molar-refractivity contribution in [2.24, 2.45) is 0 Å². The third-order valence-corrected chi connectivity index (χ3v) is 4.36. The van der Waals surface area contributed by atoms with Crippen molar-refractivity contribution in [2.45, 2.75) is 11.2 Å². The van der Waals surface area contributed by atoms with E-state index in [1.807, 2.05) is 24.3 Å². The summed E-state index contributed by atoms with van der Waals surface area (Å²) in [4.78, 5) is 20.3. The van der Waals surface area contributed by atoms with Gasteiger partial charge in [-0.25, -0.2) is 9.97 Å². The summed E-state index contributed by atoms with van der Waals surface area (Å²) < 4.78 is 38.9. The van der Waals surface area contributed by atoms with Crippen molar-refractivity contribution in [3.63, 3.8) is 0 Å². The average molecular weight is 363 g/mol. The molecule has 0 fully saturated rings. The van der Waals surface area contributed by atoms with E-state index in [-0.39, 0.29) is 11.4 Å². The summed E-state index contributed by atoms with van der Waals surface area (Å²) in [5, 5.41) is 3.70. The lowest BCUT2D eigenvalue weighted by molar-refractivity contribution is -0.137. The molecule has 0 radical (unpaired) electrons. The highest BCUT2D eigenvalue weighted by atomic mass is 32.2. The molecule has 0 saturated heterocycles. The Morgan fingerprint density at radius 2 is 1.76 bits per heavy atom. The molecule has 0 aliphatic carbocycles. The predicted molar refractivity (Wildman–Crippen MR) is 90.3 cm³/mol. The van der Waals surface area contributed by atoms with E-state index >= 15 is 0 Å². The van der Waals surface area contributed by atoms with Crippen molar-refractivity contribution in [3.8, 4) is 0 Å². The van der Waals surface area contributed by atoms with Gasteiger partial charge in [0.15, 0.2) is 0 Å². The fourth-order valence-electron chi connectivity index (χ4n) is 2.25. The van der Waals surface area contributed by atoms with Gasteiger partial charge in [0.2, 0.25) is 5.91 Å². The zero-order valence-electron chi connectivity index (χ0n) is 12.7. The molecule has 0 aliphatic rings. The number of para-hydroxylation sites is 2. The van der Waals surface area contributed by atoms with Crippen molar-refractivity contribution in [2.75, 3.05) is 11.1 Å². The Morgan fingerprint density at radius 1 is 1.04 bits per heavy atom. The van der Waals surface area contributed by atoms with Crippen LogP contribution in [0.5, 0.6) is 0 Å². The summed E-state index contributed by atoms with van der Waals surface area (Å²) in [6.45, 7) is 0. The van der Waals surface area contributed by atoms with E-state index in [1.54, 1.807) is 0 Å². The number of thioether (sulfide) groups is 1. The Kier molecular flexibility index (Phi) is 4.89. The number of alkyl halides is 3. The largest absolute Gasteiger partial charge is 0.418 e. The van der Waals surface area contributed by atoms with Crippen LogP contribution < -0.4 is 5.32 Å². The highest BCUT2D eigenvalue weighted by Gasteiger charge is 2.33. The molecule has 1 N–H and O–H groups in total. The molecular weight excluding hydrogens is 351 g/mol. The first-order valence-electron chi connectivity index (χ1n) is 7.24. The Hall–Kier alpha value is -2.61. The summed E-state index contributed by atoms with van der Waals surface area (Å²) in [7, 11) is 0. The van der Waals surface area contributed by atoms with Crippen molar-refractivity contribution < 1.29 is 18.0 Å². The normalized spacial score (nSPS) is 11.5. The molecule has 3 aromatic rings. The molecule has 0 spiro atoms. The highest BCUT2D eigenvalue weighted by molar-refractivity contribution is 8.00. The van der Waals surface area contributed by atoms with E-state index < -0.39 is 17.6 Å². The first-order chi connectivity index (χ1) is 11.9. The summed E-state index contributed by atoms with van der Waals surface area (Å²) in [6, 6.07) is 12.2. The van der Waals surface area contributed by atoms with Crippen LogP contribution in [0, 0.1) is 0 Å². The van der Waals surface area contributed by atoms with E-state index in [1.165, 1.54) is 24.5 Å². The van der Waals surface area contributed by atoms with Crippen LogP contribution in [0.4, 0.5) is 18.9 Å². The molecule has 25 heavy (non-hydrogen) atoms. The Bertz CT molecular complexity index is 910. The molecule has 1 heterocycles. The zero-order valence-corrected chi connectivity index (χ0v) is 13.6. The number of halogens is 3. The summed E-state index contributed by atoms with van der Waals surface area (Å²) in [5.41, 5.74) is -0.392. The molecule has 0 aliphatic heterocycles. The third kappa shape index (κ3) is 4.08. The maximum Gasteiger partial charge on any atom is 0.418 e. The standard InChI is InChI=1S/C17H12F3N3OS/c18-17(19,20)12-6-2-4-8-14(12)23-15(24)9-25-16-11-5-1-3-7-13(11)21-10-22-16/h1-8,10H,9H2,(H,23,24). The lowest BCUT2D eigenvalue weighted by Gasteiger charge is -2.13. The van der Waals surface area contributed by atoms with Crippen molar-refractivity contribution >= 4 is 34.3 Å². The number of benzene rings is 2. The summed E-state index contributed by atoms with van der Waals surface area (Å²) in [5.74, 6) is -0.600. The van der Waals surface area contributed by atoms with E-state index in [9.17, 15) is 18.0 Å². The number of hydrogen-bond donors (Lipinski definition) is 1. The Morgan fingerprint density at radius 3 is 2.56 bits per heavy atom. The Labute approximate surface area is 145 Å². The zero-order chi connectivity index (χ0) is 17.9. The molecular formula is C17H12F3N3OS. The van der Waals surface area contributed by atoms with Crippen LogP contribution in [0.25, 0.3) is 10.9 Å². The van der Waals surface area contributed by atoms with Crippen LogP contribution in [0.2, 0.25) is 0 Å². The van der Waals surface area contributed by atoms with E-state index in [0.29, 0.717) is 5.03 Å². The maximum atomic E-state index is 13.0. The smallest absolute Gasteiger partial charge is 0.325 e. The van der Waals surface area contributed by atoms with Gasteiger partial charge in [0, 0.05) is 5.39 Å². The first-order valence-corrected chi connectivity index (χ1v) is 8.22. The number of fused-ring (bicyclic) bond motifs is 1. The van der Waals surface area contributed by atoms with Gasteiger partial charge in [-0.3, -0.25) is 4.79 Å². The minimum Gasteiger partial charge on any atom is -0.325 e. The van der Waals surface area contributed by atoms with Gasteiger partial charge >= 0.3 is 6.18 Å². The molecule has 0 saturated carbocycles. The van der Waals surface area contributed by atoms with E-state index in [2.05, 4.69) is 15.3 Å². The van der Waals surface area contributed by atoms with Gasteiger partial charge in [-0.15, -0.1) is 0 Å². The molecule has 1 aromatic heterocycles. The number of nitrogens with zero attached hydrogens (tertiary/aromatic N) is 2. The lowest BCUT2D eigenvalue weighted by atomic mass is 10.1. The quantitative estimate of drug-likeness (QED) is 0.552. The number of anilines is 1. The van der Waals surface area contributed by atoms with Crippen molar-refractivity contribution in [1.29, 1.82) is 0 Å². The van der Waals surface area contributed by atoms with Crippen LogP contribution in [0.1, 0.15) is 5.56 Å². The number of carbonyl (C=O) groups is 1. The van der Waals surface area contributed by atoms with Gasteiger partial charge in [0.25, 0.3) is 0 Å². The average Bonchev–Trinajstić information content (AvgIpc) is 2.59. The van der Waals surface area contributed by atoms with Gasteiger partial charge in [0.05, 0.1) is 22.5 Å². The minimum atomic E-state index is -4.53. The number of aromatic nitrogens is 2. The molecule has 2 aromatic carbocycles. The van der Waals surface area contributed by atoms with E-state index in [4.69, 9.17) is 0 Å². The van der Waals surface area contributed by atoms with Crippen LogP contribution >= 0.6 is 11.8 Å². The molecule has 1 amide bonds. The fourth-order valence-corrected chi connectivity index (χ4v) is 3.04. The summed E-state index contributed by atoms with van der Waals surface area (Å²) in [6.07, 6.45) is -3.14. The predicted octanol–water partition coefficient (Wildman–Crippen LogP) is 4.38. The number of hydrogen-bond acceptors (Lipinski definition) is 4. The molecule has 4 nitrogen and oxygen atoms in total. The minimum absolute atomic E-state index is 0.0623. The maximum absolute atomic E-state index is 13.0. The number of carbonyl (C=O) groups excluding carboxylic acids is 1. The molecule has 128 valence electrons. The van der Waals surface area contributed by atoms with Crippen LogP contribution in [0.15, 0.2) is 59.9 Å². The van der Waals surface area contributed by atoms with Crippen LogP contribution in [0.3, 0.4) is 0 Å². The number of amides is 1. The van der Waals surface area contributed by atoms with Crippen LogP contribution in [-0.2, 0) is 11.0 Å². The topological polar surface area (TPSA) is 54.9 Å². The van der Waals surface area contributed by atoms with Gasteiger partial charge < -0.3 is 5.32 Å². The molecule has 0 atom stereocenters. The Balaban J connectivity index is 1.72. The summed E-state index contributed by atoms with van der Waals surface area (Å²) >= 11 is 1.15. The number of rotatable bonds is 4. The molecule has 8 heteroatoms. The van der Waals surface area contributed by atoms with Gasteiger partial charge in [0.1, 0.15) is 11.4 Å². The second-order valence-electron chi connectivity index (χ2n) is 5.08. The van der Waals surface area contributed by atoms with Crippen molar-refractivity contribution in [1.82, 2.24) is 9.97 Å². The van der Waals surface area contributed by atoms with E-state index in [0.717, 1.165) is 28.7 Å². The first kappa shape index (κ1) is 17.2. The van der Waals surface area contributed by atoms with Gasteiger partial charge in [-0.1, -0.05) is 42.1 Å². The SMILES string of the molecule is O=C(CSc1ncnc2ccccc12)Nc1ccccc1C(F)(F)F. The number of nitrogens with one attached hydrogen (secondary N) is 1. The second kappa shape index (κ2) is 7.10.